The molecule has 0 spiro atoms. The van der Waals surface area contributed by atoms with Gasteiger partial charge in [-0.3, -0.25) is 0 Å². The minimum Gasteiger partial charge on any atom is -0.389 e. The molecule has 2 aliphatic heterocycles. The van der Waals surface area contributed by atoms with Gasteiger partial charge in [-0.2, -0.15) is 0 Å². The Balaban J connectivity index is 0.00000120. The van der Waals surface area contributed by atoms with Crippen molar-refractivity contribution in [3.8, 4) is 0 Å². The van der Waals surface area contributed by atoms with Gasteiger partial charge in [0.15, 0.2) is 0 Å². The zero-order valence-electron chi connectivity index (χ0n) is 11.8. The smallest absolute Gasteiger partial charge is 0.140 e. The van der Waals surface area contributed by atoms with Gasteiger partial charge in [0.05, 0.1) is 5.71 Å². The van der Waals surface area contributed by atoms with Crippen LogP contribution in [0.2, 0.25) is 0 Å². The second kappa shape index (κ2) is 4.68. The summed E-state index contributed by atoms with van der Waals surface area (Å²) in [7, 11) is 0. The van der Waals surface area contributed by atoms with Gasteiger partial charge in [0.2, 0.25) is 0 Å². The second-order valence-electron chi connectivity index (χ2n) is 6.90. The lowest BCUT2D eigenvalue weighted by Gasteiger charge is -2.27. The molecular formula is C14H25ClN2O. The normalized spacial score (nSPS) is 39.9. The molecule has 2 heterocycles. The third-order valence-corrected chi connectivity index (χ3v) is 4.72. The van der Waals surface area contributed by atoms with Crippen LogP contribution in [0, 0.1) is 29.6 Å². The zero-order chi connectivity index (χ0) is 12.2. The van der Waals surface area contributed by atoms with E-state index in [4.69, 9.17) is 4.84 Å². The van der Waals surface area contributed by atoms with Crippen LogP contribution in [0.15, 0.2) is 5.16 Å². The molecule has 0 aromatic heterocycles. The van der Waals surface area contributed by atoms with Crippen molar-refractivity contribution in [1.82, 2.24) is 5.32 Å². The molecule has 3 nitrogen and oxygen atoms in total. The van der Waals surface area contributed by atoms with Gasteiger partial charge >= 0.3 is 0 Å². The van der Waals surface area contributed by atoms with Crippen LogP contribution < -0.4 is 5.32 Å². The van der Waals surface area contributed by atoms with Crippen molar-refractivity contribution in [2.45, 2.75) is 39.7 Å². The largest absolute Gasteiger partial charge is 0.389 e. The van der Waals surface area contributed by atoms with Gasteiger partial charge in [0.1, 0.15) is 5.60 Å². The van der Waals surface area contributed by atoms with Gasteiger partial charge in [-0.15, -0.1) is 12.4 Å². The number of oxime groups is 1. The number of nitrogens with zero attached hydrogens (tertiary/aromatic N) is 1. The standard InChI is InChI=1S/C14H24N2O.ClH/c1-8(2)5-11-13(16-17-14(11,3)4)12-9-6-15-7-10(9)12;/h8-12,15H,5-7H2,1-4H3;1H/t9-,10+,11?,12?;. The fourth-order valence-electron chi connectivity index (χ4n) is 3.68. The van der Waals surface area contributed by atoms with Crippen molar-refractivity contribution >= 4 is 18.1 Å². The summed E-state index contributed by atoms with van der Waals surface area (Å²) in [6.45, 7) is 11.3. The molecule has 0 aromatic rings. The molecule has 0 radical (unpaired) electrons. The first-order chi connectivity index (χ1) is 8.00. The fraction of sp³-hybridized carbons (Fsp3) is 0.929. The molecule has 104 valence electrons. The maximum atomic E-state index is 5.70. The lowest BCUT2D eigenvalue weighted by atomic mass is 9.79. The van der Waals surface area contributed by atoms with E-state index in [1.54, 1.807) is 0 Å². The molecule has 4 atom stereocenters. The molecule has 2 unspecified atom stereocenters. The Labute approximate surface area is 116 Å². The first kappa shape index (κ1) is 14.1. The third-order valence-electron chi connectivity index (χ3n) is 4.72. The van der Waals surface area contributed by atoms with Crippen LogP contribution in [0.4, 0.5) is 0 Å². The maximum absolute atomic E-state index is 5.70. The van der Waals surface area contributed by atoms with Crippen molar-refractivity contribution in [3.63, 3.8) is 0 Å². The van der Waals surface area contributed by atoms with E-state index in [0.29, 0.717) is 11.8 Å². The van der Waals surface area contributed by atoms with E-state index < -0.39 is 0 Å². The number of piperidine rings is 1. The lowest BCUT2D eigenvalue weighted by Crippen LogP contribution is -2.35. The van der Waals surface area contributed by atoms with Gasteiger partial charge in [0, 0.05) is 11.8 Å². The first-order valence-electron chi connectivity index (χ1n) is 6.97. The van der Waals surface area contributed by atoms with Gasteiger partial charge < -0.3 is 10.2 Å². The summed E-state index contributed by atoms with van der Waals surface area (Å²) in [5, 5.41) is 7.91. The quantitative estimate of drug-likeness (QED) is 0.857. The Bertz CT molecular complexity index is 344. The topological polar surface area (TPSA) is 33.6 Å². The zero-order valence-corrected chi connectivity index (χ0v) is 12.6. The Hall–Kier alpha value is -0.280. The molecule has 0 aromatic carbocycles. The van der Waals surface area contributed by atoms with Crippen LogP contribution in [-0.2, 0) is 4.84 Å². The van der Waals surface area contributed by atoms with E-state index in [-0.39, 0.29) is 18.0 Å². The Morgan fingerprint density at radius 3 is 2.50 bits per heavy atom. The van der Waals surface area contributed by atoms with Crippen LogP contribution in [0.5, 0.6) is 0 Å². The Kier molecular flexibility index (Phi) is 3.67. The lowest BCUT2D eigenvalue weighted by molar-refractivity contribution is -0.0184. The summed E-state index contributed by atoms with van der Waals surface area (Å²) < 4.78 is 0. The van der Waals surface area contributed by atoms with Crippen LogP contribution >= 0.6 is 12.4 Å². The van der Waals surface area contributed by atoms with E-state index >= 15 is 0 Å². The molecule has 1 saturated heterocycles. The number of rotatable bonds is 3. The van der Waals surface area contributed by atoms with Crippen molar-refractivity contribution < 1.29 is 4.84 Å². The SMILES string of the molecule is CC(C)CC1C(C2[C@H]3CNC[C@@H]23)=NOC1(C)C.Cl. The van der Waals surface area contributed by atoms with Gasteiger partial charge in [0.25, 0.3) is 0 Å². The molecule has 3 aliphatic rings. The van der Waals surface area contributed by atoms with Crippen LogP contribution in [-0.4, -0.2) is 24.4 Å². The Morgan fingerprint density at radius 2 is 1.94 bits per heavy atom. The van der Waals surface area contributed by atoms with E-state index in [9.17, 15) is 0 Å². The highest BCUT2D eigenvalue weighted by molar-refractivity contribution is 5.93. The summed E-state index contributed by atoms with van der Waals surface area (Å²) in [5.41, 5.74) is 1.28. The van der Waals surface area contributed by atoms with Crippen molar-refractivity contribution in [2.75, 3.05) is 13.1 Å². The maximum Gasteiger partial charge on any atom is 0.140 e. The summed E-state index contributed by atoms with van der Waals surface area (Å²) >= 11 is 0. The Morgan fingerprint density at radius 1 is 1.33 bits per heavy atom. The summed E-state index contributed by atoms with van der Waals surface area (Å²) in [5.74, 6) is 3.66. The highest BCUT2D eigenvalue weighted by atomic mass is 35.5. The minimum atomic E-state index is -0.0933. The fourth-order valence-corrected chi connectivity index (χ4v) is 3.68. The molecular weight excluding hydrogens is 248 g/mol. The van der Waals surface area contributed by atoms with Gasteiger partial charge in [-0.05, 0) is 51.1 Å². The van der Waals surface area contributed by atoms with Crippen molar-refractivity contribution in [1.29, 1.82) is 0 Å². The van der Waals surface area contributed by atoms with Crippen molar-refractivity contribution in [3.05, 3.63) is 0 Å². The van der Waals surface area contributed by atoms with E-state index in [2.05, 4.69) is 38.2 Å². The molecule has 3 rings (SSSR count). The average Bonchev–Trinajstić information content (AvgIpc) is 2.60. The first-order valence-corrected chi connectivity index (χ1v) is 6.97. The molecule has 1 N–H and O–H groups in total. The summed E-state index contributed by atoms with van der Waals surface area (Å²) in [6, 6.07) is 0. The molecule has 0 bridgehead atoms. The van der Waals surface area contributed by atoms with E-state index in [1.165, 1.54) is 25.2 Å². The average molecular weight is 273 g/mol. The number of fused-ring (bicyclic) bond motifs is 1. The molecule has 2 fully saturated rings. The van der Waals surface area contributed by atoms with Crippen molar-refractivity contribution in [2.24, 2.45) is 34.7 Å². The molecule has 1 saturated carbocycles. The number of hydrogen-bond acceptors (Lipinski definition) is 3. The predicted molar refractivity (Wildman–Crippen MR) is 76.1 cm³/mol. The molecule has 18 heavy (non-hydrogen) atoms. The van der Waals surface area contributed by atoms with Gasteiger partial charge in [-0.1, -0.05) is 19.0 Å². The number of halogens is 1. The van der Waals surface area contributed by atoms with Crippen LogP contribution in [0.1, 0.15) is 34.1 Å². The molecule has 4 heteroatoms. The number of hydrogen-bond donors (Lipinski definition) is 1. The summed E-state index contributed by atoms with van der Waals surface area (Å²) in [6.07, 6.45) is 1.20. The molecule has 1 aliphatic carbocycles. The van der Waals surface area contributed by atoms with Crippen LogP contribution in [0.25, 0.3) is 0 Å². The number of nitrogens with one attached hydrogen (secondary N) is 1. The second-order valence-corrected chi connectivity index (χ2v) is 6.90. The van der Waals surface area contributed by atoms with Gasteiger partial charge in [-0.25, -0.2) is 0 Å². The van der Waals surface area contributed by atoms with E-state index in [0.717, 1.165) is 17.8 Å². The highest BCUT2D eigenvalue weighted by Gasteiger charge is 2.59. The minimum absolute atomic E-state index is 0. The highest BCUT2D eigenvalue weighted by Crippen LogP contribution is 2.54. The molecule has 0 amide bonds. The van der Waals surface area contributed by atoms with Crippen LogP contribution in [0.3, 0.4) is 0 Å². The van der Waals surface area contributed by atoms with E-state index in [1.807, 2.05) is 0 Å². The third kappa shape index (κ3) is 2.16. The summed E-state index contributed by atoms with van der Waals surface area (Å²) in [4.78, 5) is 5.70. The monoisotopic (exact) mass is 272 g/mol. The predicted octanol–water partition coefficient (Wildman–Crippen LogP) is 2.70.